The number of amides is 1. The van der Waals surface area contributed by atoms with Crippen LogP contribution < -0.4 is 24.8 Å². The second kappa shape index (κ2) is 8.70. The lowest BCUT2D eigenvalue weighted by Crippen LogP contribution is -2.45. The fraction of sp³-hybridized carbons (Fsp3) is 0.533. The minimum Gasteiger partial charge on any atom is -0.493 e. The molecule has 1 heterocycles. The van der Waals surface area contributed by atoms with Crippen molar-refractivity contribution in [2.24, 2.45) is 0 Å². The minimum atomic E-state index is -0.165. The summed E-state index contributed by atoms with van der Waals surface area (Å²) in [4.78, 5) is 12.4. The van der Waals surface area contributed by atoms with E-state index in [1.54, 1.807) is 19.2 Å². The van der Waals surface area contributed by atoms with Gasteiger partial charge in [0.1, 0.15) is 0 Å². The van der Waals surface area contributed by atoms with Crippen LogP contribution in [0.5, 0.6) is 17.2 Å². The minimum absolute atomic E-state index is 0. The van der Waals surface area contributed by atoms with Gasteiger partial charge in [-0.1, -0.05) is 0 Å². The van der Waals surface area contributed by atoms with Gasteiger partial charge in [-0.25, -0.2) is 0 Å². The Kier molecular flexibility index (Phi) is 7.27. The third-order valence-corrected chi connectivity index (χ3v) is 3.58. The molecule has 6 nitrogen and oxygen atoms in total. The zero-order valence-electron chi connectivity index (χ0n) is 13.1. The van der Waals surface area contributed by atoms with Crippen molar-refractivity contribution in [1.29, 1.82) is 0 Å². The van der Waals surface area contributed by atoms with E-state index in [1.165, 1.54) is 14.2 Å². The highest BCUT2D eigenvalue weighted by Crippen LogP contribution is 2.39. The third-order valence-electron chi connectivity index (χ3n) is 3.58. The number of rotatable bonds is 5. The van der Waals surface area contributed by atoms with Gasteiger partial charge in [-0.05, 0) is 31.5 Å². The van der Waals surface area contributed by atoms with E-state index in [9.17, 15) is 4.79 Å². The molecule has 1 atom stereocenters. The molecule has 7 heteroatoms. The van der Waals surface area contributed by atoms with Crippen LogP contribution in [0.2, 0.25) is 0 Å². The molecule has 124 valence electrons. The second-order valence-electron chi connectivity index (χ2n) is 4.90. The maximum absolute atomic E-state index is 12.4. The molecule has 22 heavy (non-hydrogen) atoms. The first-order valence-electron chi connectivity index (χ1n) is 7.01. The standard InChI is InChI=1S/C15H22N2O4.ClH/c1-19-12-7-6-11(13(20-2)14(12)21-3)15(18)17-10-5-4-8-16-9-10;/h6-7,10,16H,4-5,8-9H2,1-3H3,(H,17,18);1H/t10-;/m0./s1. The molecule has 0 radical (unpaired) electrons. The maximum Gasteiger partial charge on any atom is 0.255 e. The Bertz CT molecular complexity index is 505. The molecular weight excluding hydrogens is 308 g/mol. The predicted molar refractivity (Wildman–Crippen MR) is 86.7 cm³/mol. The second-order valence-corrected chi connectivity index (χ2v) is 4.90. The fourth-order valence-electron chi connectivity index (χ4n) is 2.52. The summed E-state index contributed by atoms with van der Waals surface area (Å²) in [6.45, 7) is 1.80. The number of hydrogen-bond acceptors (Lipinski definition) is 5. The molecule has 1 amide bonds. The van der Waals surface area contributed by atoms with Gasteiger partial charge in [0.15, 0.2) is 11.5 Å². The Morgan fingerprint density at radius 2 is 1.91 bits per heavy atom. The van der Waals surface area contributed by atoms with Gasteiger partial charge in [-0.2, -0.15) is 0 Å². The highest BCUT2D eigenvalue weighted by molar-refractivity contribution is 5.98. The normalized spacial score (nSPS) is 17.1. The van der Waals surface area contributed by atoms with Gasteiger partial charge in [0.25, 0.3) is 5.91 Å². The summed E-state index contributed by atoms with van der Waals surface area (Å²) in [7, 11) is 4.58. The van der Waals surface area contributed by atoms with Crippen LogP contribution in [0.1, 0.15) is 23.2 Å². The van der Waals surface area contributed by atoms with Crippen molar-refractivity contribution in [1.82, 2.24) is 10.6 Å². The summed E-state index contributed by atoms with van der Waals surface area (Å²) in [5, 5.41) is 6.29. The van der Waals surface area contributed by atoms with Crippen LogP contribution in [0.25, 0.3) is 0 Å². The molecule has 2 rings (SSSR count). The summed E-state index contributed by atoms with van der Waals surface area (Å²) < 4.78 is 15.9. The van der Waals surface area contributed by atoms with Crippen LogP contribution in [-0.4, -0.2) is 46.4 Å². The van der Waals surface area contributed by atoms with Crippen LogP contribution in [0.4, 0.5) is 0 Å². The van der Waals surface area contributed by atoms with E-state index in [1.807, 2.05) is 0 Å². The number of carbonyl (C=O) groups excluding carboxylic acids is 1. The highest BCUT2D eigenvalue weighted by Gasteiger charge is 2.23. The Morgan fingerprint density at radius 3 is 2.45 bits per heavy atom. The van der Waals surface area contributed by atoms with Crippen molar-refractivity contribution in [2.45, 2.75) is 18.9 Å². The molecule has 0 bridgehead atoms. The largest absolute Gasteiger partial charge is 0.493 e. The van der Waals surface area contributed by atoms with Crippen LogP contribution >= 0.6 is 12.4 Å². The molecule has 1 aromatic rings. The van der Waals surface area contributed by atoms with E-state index in [0.717, 1.165) is 25.9 Å². The van der Waals surface area contributed by atoms with E-state index in [4.69, 9.17) is 14.2 Å². The number of hydrogen-bond donors (Lipinski definition) is 2. The predicted octanol–water partition coefficient (Wildman–Crippen LogP) is 1.62. The number of piperidine rings is 1. The van der Waals surface area contributed by atoms with Crippen LogP contribution in [0.15, 0.2) is 12.1 Å². The summed E-state index contributed by atoms with van der Waals surface area (Å²) in [6, 6.07) is 3.53. The quantitative estimate of drug-likeness (QED) is 0.858. The summed E-state index contributed by atoms with van der Waals surface area (Å²) in [5.74, 6) is 1.18. The number of ether oxygens (including phenoxy) is 3. The molecule has 1 aromatic carbocycles. The maximum atomic E-state index is 12.4. The highest BCUT2D eigenvalue weighted by atomic mass is 35.5. The van der Waals surface area contributed by atoms with E-state index in [-0.39, 0.29) is 24.4 Å². The molecule has 0 spiro atoms. The first-order valence-corrected chi connectivity index (χ1v) is 7.01. The van der Waals surface area contributed by atoms with Gasteiger partial charge < -0.3 is 24.8 Å². The average Bonchev–Trinajstić information content (AvgIpc) is 2.53. The SMILES string of the molecule is COc1ccc(C(=O)N[C@H]2CCCNC2)c(OC)c1OC.Cl. The molecule has 1 saturated heterocycles. The Labute approximate surface area is 136 Å². The lowest BCUT2D eigenvalue weighted by molar-refractivity contribution is 0.0927. The molecule has 1 aliphatic rings. The molecule has 0 aromatic heterocycles. The monoisotopic (exact) mass is 330 g/mol. The van der Waals surface area contributed by atoms with Crippen molar-refractivity contribution in [2.75, 3.05) is 34.4 Å². The Hall–Kier alpha value is -1.66. The van der Waals surface area contributed by atoms with Crippen molar-refractivity contribution < 1.29 is 19.0 Å². The molecule has 1 fully saturated rings. The third kappa shape index (κ3) is 3.96. The number of nitrogens with one attached hydrogen (secondary N) is 2. The van der Waals surface area contributed by atoms with Crippen LogP contribution in [0, 0.1) is 0 Å². The summed E-state index contributed by atoms with van der Waals surface area (Å²) in [6.07, 6.45) is 2.04. The van der Waals surface area contributed by atoms with Gasteiger partial charge in [0.05, 0.1) is 26.9 Å². The van der Waals surface area contributed by atoms with Gasteiger partial charge in [0.2, 0.25) is 5.75 Å². The van der Waals surface area contributed by atoms with Crippen molar-refractivity contribution in [3.05, 3.63) is 17.7 Å². The topological polar surface area (TPSA) is 68.8 Å². The zero-order valence-corrected chi connectivity index (χ0v) is 13.9. The smallest absolute Gasteiger partial charge is 0.255 e. The van der Waals surface area contributed by atoms with Crippen LogP contribution in [0.3, 0.4) is 0 Å². The number of methoxy groups -OCH3 is 3. The van der Waals surface area contributed by atoms with Crippen molar-refractivity contribution >= 4 is 18.3 Å². The zero-order chi connectivity index (χ0) is 15.2. The van der Waals surface area contributed by atoms with E-state index in [2.05, 4.69) is 10.6 Å². The number of halogens is 1. The molecule has 0 aliphatic carbocycles. The van der Waals surface area contributed by atoms with E-state index < -0.39 is 0 Å². The van der Waals surface area contributed by atoms with E-state index >= 15 is 0 Å². The van der Waals surface area contributed by atoms with E-state index in [0.29, 0.717) is 22.8 Å². The number of carbonyl (C=O) groups is 1. The first kappa shape index (κ1) is 18.4. The molecule has 0 saturated carbocycles. The molecule has 1 aliphatic heterocycles. The lowest BCUT2D eigenvalue weighted by Gasteiger charge is -2.24. The Morgan fingerprint density at radius 1 is 1.18 bits per heavy atom. The van der Waals surface area contributed by atoms with Gasteiger partial charge in [0, 0.05) is 12.6 Å². The Balaban J connectivity index is 0.00000242. The average molecular weight is 331 g/mol. The van der Waals surface area contributed by atoms with Crippen LogP contribution in [-0.2, 0) is 0 Å². The van der Waals surface area contributed by atoms with Gasteiger partial charge in [-0.3, -0.25) is 4.79 Å². The van der Waals surface area contributed by atoms with Gasteiger partial charge in [-0.15, -0.1) is 12.4 Å². The summed E-state index contributed by atoms with van der Waals surface area (Å²) in [5.41, 5.74) is 0.445. The molecule has 2 N–H and O–H groups in total. The molecular formula is C15H23ClN2O4. The summed E-state index contributed by atoms with van der Waals surface area (Å²) >= 11 is 0. The van der Waals surface area contributed by atoms with Crippen molar-refractivity contribution in [3.8, 4) is 17.2 Å². The molecule has 0 unspecified atom stereocenters. The number of benzene rings is 1. The first-order chi connectivity index (χ1) is 10.2. The van der Waals surface area contributed by atoms with Crippen molar-refractivity contribution in [3.63, 3.8) is 0 Å². The van der Waals surface area contributed by atoms with Gasteiger partial charge >= 0.3 is 0 Å². The fourth-order valence-corrected chi connectivity index (χ4v) is 2.52. The lowest BCUT2D eigenvalue weighted by atomic mass is 10.1.